The minimum Gasteiger partial charge on any atom is -0.326 e. The average molecular weight is 770 g/mol. The summed E-state index contributed by atoms with van der Waals surface area (Å²) in [5.74, 6) is 5.62. The Hall–Kier alpha value is -6.52. The van der Waals surface area contributed by atoms with Crippen molar-refractivity contribution in [1.82, 2.24) is 14.9 Å². The Bertz CT molecular complexity index is 1840. The highest BCUT2D eigenvalue weighted by molar-refractivity contribution is 6.00. The van der Waals surface area contributed by atoms with E-state index in [4.69, 9.17) is 5.84 Å². The number of nitrogen functional groups attached to an aromatic ring is 1. The van der Waals surface area contributed by atoms with E-state index in [2.05, 4.69) is 72.9 Å². The number of nitrogens with two attached hydrogens (primary N) is 1. The summed E-state index contributed by atoms with van der Waals surface area (Å²) in [7, 11) is 0. The third kappa shape index (κ3) is 20.6. The van der Waals surface area contributed by atoms with Gasteiger partial charge in [-0.15, -0.1) is 0 Å². The number of rotatable bonds is 12. The number of amides is 4. The Kier molecular flexibility index (Phi) is 22.3. The number of hydrogen-bond acceptors (Lipinski definition) is 12. The van der Waals surface area contributed by atoms with Gasteiger partial charge < -0.3 is 31.6 Å². The van der Waals surface area contributed by atoms with Crippen molar-refractivity contribution in [2.75, 3.05) is 51.8 Å². The van der Waals surface area contributed by atoms with Crippen LogP contribution in [0.15, 0.2) is 90.3 Å². The van der Waals surface area contributed by atoms with Crippen molar-refractivity contribution in [2.24, 2.45) is 10.9 Å². The fourth-order valence-electron chi connectivity index (χ4n) is 4.32. The molecule has 0 fully saturated rings. The number of nitrogens with one attached hydrogen (secondary N) is 6. The van der Waals surface area contributed by atoms with Gasteiger partial charge in [-0.3, -0.25) is 35.2 Å². The molecule has 16 nitrogen and oxygen atoms in total. The van der Waals surface area contributed by atoms with Gasteiger partial charge in [0.2, 0.25) is 23.6 Å². The van der Waals surface area contributed by atoms with Crippen LogP contribution in [0, 0.1) is 0 Å². The van der Waals surface area contributed by atoms with Gasteiger partial charge in [0.15, 0.2) is 5.78 Å². The maximum atomic E-state index is 11.0. The van der Waals surface area contributed by atoms with E-state index in [1.807, 2.05) is 31.2 Å². The van der Waals surface area contributed by atoms with Crippen molar-refractivity contribution in [3.63, 3.8) is 0 Å². The maximum absolute atomic E-state index is 11.0. The van der Waals surface area contributed by atoms with Crippen LogP contribution in [0.1, 0.15) is 78.2 Å². The lowest BCUT2D eigenvalue weighted by Crippen LogP contribution is -2.21. The van der Waals surface area contributed by atoms with Crippen molar-refractivity contribution in [3.8, 4) is 0 Å². The topological polar surface area (TPSA) is 225 Å². The number of carbonyl (C=O) groups excluding carboxylic acids is 5. The Morgan fingerprint density at radius 2 is 0.911 bits per heavy atom. The number of aromatic nitrogens is 2. The van der Waals surface area contributed by atoms with Crippen LogP contribution in [-0.4, -0.2) is 69.6 Å². The largest absolute Gasteiger partial charge is 0.326 e. The molecule has 2 heterocycles. The highest BCUT2D eigenvalue weighted by Crippen LogP contribution is 2.13. The zero-order valence-electron chi connectivity index (χ0n) is 33.6. The van der Waals surface area contributed by atoms with Crippen LogP contribution < -0.4 is 38.0 Å². The molecule has 0 saturated carbocycles. The van der Waals surface area contributed by atoms with Gasteiger partial charge in [0.1, 0.15) is 11.6 Å². The van der Waals surface area contributed by atoms with Gasteiger partial charge in [-0.25, -0.2) is 9.97 Å². The molecule has 0 atom stereocenters. The second-order valence-corrected chi connectivity index (χ2v) is 11.9. The monoisotopic (exact) mass is 769 g/mol. The molecule has 0 aliphatic heterocycles. The van der Waals surface area contributed by atoms with Crippen molar-refractivity contribution < 1.29 is 24.0 Å². The Morgan fingerprint density at radius 3 is 1.21 bits per heavy atom. The quantitative estimate of drug-likeness (QED) is 0.0363. The number of hydrogen-bond donors (Lipinski definition) is 7. The number of benzene rings is 2. The molecule has 0 unspecified atom stereocenters. The van der Waals surface area contributed by atoms with Gasteiger partial charge in [0, 0.05) is 44.6 Å². The standard InChI is InChI=1S/C17H19N5O2.C10H11NO2.C7H10N4O.C6H15N/c1-11(14-4-6-15(7-5-14)19-12(2)23)21-22-16-8-9-17(18-10-16)20-13(3)24;1-7(12)9-3-5-10(6-4-9)11-8(2)13;1-5(12)10-7-3-2-6(11-8)4-9-7;1-4-7(5-2)6-3/h4-10,22H,1-3H3,(H,19,23)(H,18,20,24);3-6H,1-2H3,(H,11,13);2-4,11H,8H2,1H3,(H,9,10,12);4-6H2,1-3H3/b21-11+;;;. The summed E-state index contributed by atoms with van der Waals surface area (Å²) in [5, 5.41) is 14.8. The summed E-state index contributed by atoms with van der Waals surface area (Å²) >= 11 is 0. The molecule has 0 radical (unpaired) electrons. The molecule has 4 amide bonds. The molecule has 8 N–H and O–H groups in total. The lowest BCUT2D eigenvalue weighted by atomic mass is 10.1. The predicted octanol–water partition coefficient (Wildman–Crippen LogP) is 6.36. The highest BCUT2D eigenvalue weighted by Gasteiger charge is 2.02. The van der Waals surface area contributed by atoms with Gasteiger partial charge in [0.05, 0.1) is 29.5 Å². The second kappa shape index (κ2) is 26.3. The van der Waals surface area contributed by atoms with Crippen molar-refractivity contribution >= 4 is 69.5 Å². The number of pyridine rings is 2. The van der Waals surface area contributed by atoms with Crippen LogP contribution in [-0.2, 0) is 19.2 Å². The first-order chi connectivity index (χ1) is 26.6. The van der Waals surface area contributed by atoms with Crippen LogP contribution >= 0.6 is 0 Å². The molecule has 16 heteroatoms. The summed E-state index contributed by atoms with van der Waals surface area (Å²) in [6.07, 6.45) is 3.12. The van der Waals surface area contributed by atoms with Crippen molar-refractivity contribution in [2.45, 2.75) is 62.3 Å². The summed E-state index contributed by atoms with van der Waals surface area (Å²) in [6.45, 7) is 19.3. The summed E-state index contributed by atoms with van der Waals surface area (Å²) < 4.78 is 0. The van der Waals surface area contributed by atoms with E-state index in [0.717, 1.165) is 17.0 Å². The Labute approximate surface area is 329 Å². The average Bonchev–Trinajstić information content (AvgIpc) is 3.16. The van der Waals surface area contributed by atoms with Crippen LogP contribution in [0.2, 0.25) is 0 Å². The summed E-state index contributed by atoms with van der Waals surface area (Å²) in [5.41, 5.74) is 10.6. The van der Waals surface area contributed by atoms with Crippen LogP contribution in [0.4, 0.5) is 34.4 Å². The third-order valence-corrected chi connectivity index (χ3v) is 7.23. The molecular weight excluding hydrogens is 715 g/mol. The molecule has 2 aromatic heterocycles. The van der Waals surface area contributed by atoms with E-state index in [9.17, 15) is 24.0 Å². The number of anilines is 6. The predicted molar refractivity (Wildman–Crippen MR) is 226 cm³/mol. The Balaban J connectivity index is 0.000000414. The van der Waals surface area contributed by atoms with Gasteiger partial charge >= 0.3 is 0 Å². The molecule has 4 aromatic rings. The summed E-state index contributed by atoms with van der Waals surface area (Å²) in [6, 6.07) is 21.0. The fourth-order valence-corrected chi connectivity index (χ4v) is 4.32. The minimum atomic E-state index is -0.167. The number of hydrazine groups is 1. The van der Waals surface area contributed by atoms with E-state index in [0.29, 0.717) is 34.3 Å². The normalized spacial score (nSPS) is 10.1. The summed E-state index contributed by atoms with van der Waals surface area (Å²) in [4.78, 5) is 64.5. The maximum Gasteiger partial charge on any atom is 0.222 e. The first-order valence-corrected chi connectivity index (χ1v) is 17.8. The molecule has 0 aliphatic carbocycles. The molecule has 0 spiro atoms. The molecule has 0 saturated heterocycles. The molecule has 2 aromatic carbocycles. The van der Waals surface area contributed by atoms with E-state index in [1.165, 1.54) is 60.4 Å². The minimum absolute atomic E-state index is 0.0226. The lowest BCUT2D eigenvalue weighted by Gasteiger charge is -2.13. The van der Waals surface area contributed by atoms with E-state index >= 15 is 0 Å². The van der Waals surface area contributed by atoms with Crippen molar-refractivity contribution in [1.29, 1.82) is 0 Å². The van der Waals surface area contributed by atoms with Gasteiger partial charge in [-0.2, -0.15) is 5.10 Å². The van der Waals surface area contributed by atoms with Gasteiger partial charge in [-0.1, -0.05) is 32.9 Å². The zero-order chi connectivity index (χ0) is 42.0. The first kappa shape index (κ1) is 47.5. The first-order valence-electron chi connectivity index (χ1n) is 17.8. The van der Waals surface area contributed by atoms with Crippen LogP contribution in [0.3, 0.4) is 0 Å². The number of carbonyl (C=O) groups is 5. The Morgan fingerprint density at radius 1 is 0.536 bits per heavy atom. The van der Waals surface area contributed by atoms with E-state index in [-0.39, 0.29) is 29.4 Å². The molecular formula is C40H55N11O5. The molecule has 300 valence electrons. The highest BCUT2D eigenvalue weighted by atomic mass is 16.2. The molecule has 56 heavy (non-hydrogen) atoms. The number of ketones is 1. The third-order valence-electron chi connectivity index (χ3n) is 7.23. The van der Waals surface area contributed by atoms with Crippen LogP contribution in [0.5, 0.6) is 0 Å². The van der Waals surface area contributed by atoms with Gasteiger partial charge in [-0.05, 0) is 99.7 Å². The van der Waals surface area contributed by atoms with Crippen LogP contribution in [0.25, 0.3) is 0 Å². The van der Waals surface area contributed by atoms with Gasteiger partial charge in [0.25, 0.3) is 0 Å². The molecule has 4 rings (SSSR count). The van der Waals surface area contributed by atoms with E-state index < -0.39 is 0 Å². The van der Waals surface area contributed by atoms with E-state index in [1.54, 1.807) is 54.7 Å². The number of Topliss-reactive ketones (excluding diaryl/α,β-unsaturated/α-hetero) is 1. The smallest absolute Gasteiger partial charge is 0.222 e. The van der Waals surface area contributed by atoms with Crippen molar-refractivity contribution in [3.05, 3.63) is 96.3 Å². The zero-order valence-corrected chi connectivity index (χ0v) is 33.6. The SMILES string of the molecule is CC(=O)Nc1ccc(/C(C)=N/Nc2ccc(NC(C)=O)nc2)cc1.CC(=O)Nc1ccc(C(C)=O)cc1.CC(=O)Nc1ccc(NN)cn1.CCN(CC)CC. The molecule has 0 bridgehead atoms. The number of hydrazone groups is 1. The fraction of sp³-hybridized carbons (Fsp3) is 0.300. The lowest BCUT2D eigenvalue weighted by molar-refractivity contribution is -0.115. The molecule has 0 aliphatic rings. The second-order valence-electron chi connectivity index (χ2n) is 11.9. The number of nitrogens with zero attached hydrogens (tertiary/aromatic N) is 4.